The van der Waals surface area contributed by atoms with Gasteiger partial charge in [-0.2, -0.15) is 17.0 Å². The second-order valence-electron chi connectivity index (χ2n) is 4.52. The fourth-order valence-corrected chi connectivity index (χ4v) is 2.59. The van der Waals surface area contributed by atoms with Crippen molar-refractivity contribution in [2.45, 2.75) is 26.3 Å². The van der Waals surface area contributed by atoms with E-state index in [1.54, 1.807) is 18.0 Å². The highest BCUT2D eigenvalue weighted by molar-refractivity contribution is 7.99. The van der Waals surface area contributed by atoms with Gasteiger partial charge in [-0.1, -0.05) is 13.0 Å². The zero-order valence-electron chi connectivity index (χ0n) is 12.0. The van der Waals surface area contributed by atoms with Crippen molar-refractivity contribution >= 4 is 17.7 Å². The van der Waals surface area contributed by atoms with Gasteiger partial charge in [0.05, 0.1) is 5.56 Å². The summed E-state index contributed by atoms with van der Waals surface area (Å²) in [6, 6.07) is 5.95. The van der Waals surface area contributed by atoms with Crippen molar-refractivity contribution in [3.63, 3.8) is 0 Å². The Morgan fingerprint density at radius 3 is 2.85 bits per heavy atom. The SMILES string of the molecule is CCSCC[C@H](C)N(C)C(=O)c1cccc(F)c1C#N. The lowest BCUT2D eigenvalue weighted by Crippen LogP contribution is -2.36. The van der Waals surface area contributed by atoms with Crippen molar-refractivity contribution < 1.29 is 9.18 Å². The van der Waals surface area contributed by atoms with Gasteiger partial charge in [0.25, 0.3) is 5.91 Å². The van der Waals surface area contributed by atoms with Crippen LogP contribution in [0.5, 0.6) is 0 Å². The van der Waals surface area contributed by atoms with Crippen LogP contribution in [0.25, 0.3) is 0 Å². The Morgan fingerprint density at radius 2 is 2.25 bits per heavy atom. The molecule has 0 spiro atoms. The minimum atomic E-state index is -0.652. The number of hydrogen-bond donors (Lipinski definition) is 0. The molecule has 0 radical (unpaired) electrons. The van der Waals surface area contributed by atoms with E-state index in [1.165, 1.54) is 18.2 Å². The number of amides is 1. The highest BCUT2D eigenvalue weighted by Crippen LogP contribution is 2.17. The first-order valence-electron chi connectivity index (χ1n) is 6.56. The van der Waals surface area contributed by atoms with E-state index in [1.807, 2.05) is 18.7 Å². The lowest BCUT2D eigenvalue weighted by Gasteiger charge is -2.25. The summed E-state index contributed by atoms with van der Waals surface area (Å²) in [5.41, 5.74) is -0.0514. The van der Waals surface area contributed by atoms with Crippen LogP contribution in [-0.4, -0.2) is 35.4 Å². The first-order chi connectivity index (χ1) is 9.52. The number of nitriles is 1. The number of thioether (sulfide) groups is 1. The third kappa shape index (κ3) is 3.97. The molecule has 3 nitrogen and oxygen atoms in total. The Labute approximate surface area is 123 Å². The molecule has 20 heavy (non-hydrogen) atoms. The van der Waals surface area contributed by atoms with E-state index in [4.69, 9.17) is 5.26 Å². The average molecular weight is 294 g/mol. The molecule has 0 aliphatic heterocycles. The van der Waals surface area contributed by atoms with Gasteiger partial charge in [0.1, 0.15) is 17.4 Å². The van der Waals surface area contributed by atoms with Gasteiger partial charge in [0.2, 0.25) is 0 Å². The fourth-order valence-electron chi connectivity index (χ4n) is 1.80. The monoisotopic (exact) mass is 294 g/mol. The van der Waals surface area contributed by atoms with Gasteiger partial charge in [0, 0.05) is 13.1 Å². The van der Waals surface area contributed by atoms with Crippen LogP contribution < -0.4 is 0 Å². The van der Waals surface area contributed by atoms with E-state index in [2.05, 4.69) is 6.92 Å². The summed E-state index contributed by atoms with van der Waals surface area (Å²) in [7, 11) is 1.69. The molecule has 0 aliphatic rings. The van der Waals surface area contributed by atoms with Gasteiger partial charge in [-0.3, -0.25) is 4.79 Å². The molecule has 0 fully saturated rings. The molecule has 0 heterocycles. The Hall–Kier alpha value is -1.54. The Morgan fingerprint density at radius 1 is 1.55 bits per heavy atom. The van der Waals surface area contributed by atoms with E-state index >= 15 is 0 Å². The number of rotatable bonds is 6. The molecule has 0 bridgehead atoms. The Balaban J connectivity index is 2.84. The lowest BCUT2D eigenvalue weighted by atomic mass is 10.1. The number of benzene rings is 1. The normalized spacial score (nSPS) is 11.8. The second-order valence-corrected chi connectivity index (χ2v) is 5.92. The van der Waals surface area contributed by atoms with Gasteiger partial charge < -0.3 is 4.90 Å². The molecule has 0 N–H and O–H groups in total. The van der Waals surface area contributed by atoms with Crippen LogP contribution >= 0.6 is 11.8 Å². The van der Waals surface area contributed by atoms with Gasteiger partial charge in [0.15, 0.2) is 0 Å². The average Bonchev–Trinajstić information content (AvgIpc) is 2.45. The molecule has 0 saturated heterocycles. The Bertz CT molecular complexity index is 513. The molecule has 108 valence electrons. The quantitative estimate of drug-likeness (QED) is 0.756. The molecule has 1 aromatic carbocycles. The summed E-state index contributed by atoms with van der Waals surface area (Å²) >= 11 is 1.82. The number of nitrogens with zero attached hydrogens (tertiary/aromatic N) is 2. The largest absolute Gasteiger partial charge is 0.339 e. The van der Waals surface area contributed by atoms with Gasteiger partial charge in [-0.05, 0) is 37.0 Å². The summed E-state index contributed by atoms with van der Waals surface area (Å²) < 4.78 is 13.5. The minimum Gasteiger partial charge on any atom is -0.339 e. The standard InChI is InChI=1S/C15H19FN2OS/c1-4-20-9-8-11(2)18(3)15(19)12-6-5-7-14(16)13(12)10-17/h5-7,11H,4,8-9H2,1-3H3/t11-/m0/s1. The smallest absolute Gasteiger partial charge is 0.255 e. The van der Waals surface area contributed by atoms with Crippen molar-refractivity contribution in [3.05, 3.63) is 35.1 Å². The van der Waals surface area contributed by atoms with Crippen molar-refractivity contribution in [1.29, 1.82) is 5.26 Å². The maximum absolute atomic E-state index is 13.5. The predicted molar refractivity (Wildman–Crippen MR) is 80.3 cm³/mol. The summed E-state index contributed by atoms with van der Waals surface area (Å²) in [4.78, 5) is 13.9. The third-order valence-corrected chi connectivity index (χ3v) is 4.15. The molecule has 0 saturated carbocycles. The van der Waals surface area contributed by atoms with Crippen LogP contribution in [0.15, 0.2) is 18.2 Å². The first-order valence-corrected chi connectivity index (χ1v) is 7.71. The molecule has 1 amide bonds. The maximum Gasteiger partial charge on any atom is 0.255 e. The van der Waals surface area contributed by atoms with Crippen molar-refractivity contribution in [1.82, 2.24) is 4.90 Å². The van der Waals surface area contributed by atoms with Crippen LogP contribution in [-0.2, 0) is 0 Å². The topological polar surface area (TPSA) is 44.1 Å². The van der Waals surface area contributed by atoms with Crippen LogP contribution in [0.3, 0.4) is 0 Å². The van der Waals surface area contributed by atoms with E-state index in [0.29, 0.717) is 0 Å². The number of halogens is 1. The van der Waals surface area contributed by atoms with Gasteiger partial charge >= 0.3 is 0 Å². The number of carbonyl (C=O) groups is 1. The summed E-state index contributed by atoms with van der Waals surface area (Å²) in [6.07, 6.45) is 0.873. The highest BCUT2D eigenvalue weighted by atomic mass is 32.2. The molecular formula is C15H19FN2OS. The van der Waals surface area contributed by atoms with Gasteiger partial charge in [-0.25, -0.2) is 4.39 Å². The van der Waals surface area contributed by atoms with E-state index in [9.17, 15) is 9.18 Å². The van der Waals surface area contributed by atoms with Gasteiger partial charge in [-0.15, -0.1) is 0 Å². The molecular weight excluding hydrogens is 275 g/mol. The zero-order chi connectivity index (χ0) is 15.1. The molecule has 1 atom stereocenters. The molecule has 0 unspecified atom stereocenters. The molecule has 1 aromatic rings. The second kappa shape index (κ2) is 7.91. The number of carbonyl (C=O) groups excluding carboxylic acids is 1. The molecule has 1 rings (SSSR count). The summed E-state index contributed by atoms with van der Waals surface area (Å²) in [5, 5.41) is 8.98. The van der Waals surface area contributed by atoms with Crippen LogP contribution in [0, 0.1) is 17.1 Å². The van der Waals surface area contributed by atoms with E-state index in [-0.39, 0.29) is 23.1 Å². The zero-order valence-corrected chi connectivity index (χ0v) is 12.8. The van der Waals surface area contributed by atoms with Crippen LogP contribution in [0.2, 0.25) is 0 Å². The summed E-state index contributed by atoms with van der Waals surface area (Å²) in [6.45, 7) is 4.05. The number of hydrogen-bond acceptors (Lipinski definition) is 3. The van der Waals surface area contributed by atoms with Crippen molar-refractivity contribution in [2.24, 2.45) is 0 Å². The maximum atomic E-state index is 13.5. The van der Waals surface area contributed by atoms with E-state index in [0.717, 1.165) is 17.9 Å². The molecule has 5 heteroatoms. The minimum absolute atomic E-state index is 0.0522. The first kappa shape index (κ1) is 16.5. The fraction of sp³-hybridized carbons (Fsp3) is 0.467. The lowest BCUT2D eigenvalue weighted by molar-refractivity contribution is 0.0740. The van der Waals surface area contributed by atoms with Crippen molar-refractivity contribution in [2.75, 3.05) is 18.6 Å². The predicted octanol–water partition coefficient (Wildman–Crippen LogP) is 3.30. The van der Waals surface area contributed by atoms with E-state index < -0.39 is 5.82 Å². The van der Waals surface area contributed by atoms with Crippen molar-refractivity contribution in [3.8, 4) is 6.07 Å². The highest BCUT2D eigenvalue weighted by Gasteiger charge is 2.21. The summed E-state index contributed by atoms with van der Waals surface area (Å²) in [5.74, 6) is 1.06. The van der Waals surface area contributed by atoms with Crippen LogP contribution in [0.4, 0.5) is 4.39 Å². The Kier molecular flexibility index (Phi) is 6.53. The third-order valence-electron chi connectivity index (χ3n) is 3.22. The molecule has 0 aliphatic carbocycles. The molecule has 0 aromatic heterocycles. The van der Waals surface area contributed by atoms with Crippen LogP contribution in [0.1, 0.15) is 36.2 Å².